The fourth-order valence-corrected chi connectivity index (χ4v) is 2.30. The lowest BCUT2D eigenvalue weighted by Gasteiger charge is -2.38. The predicted molar refractivity (Wildman–Crippen MR) is 78.1 cm³/mol. The van der Waals surface area contributed by atoms with Gasteiger partial charge in [-0.05, 0) is 32.9 Å². The monoisotopic (exact) mass is 275 g/mol. The average Bonchev–Trinajstić information content (AvgIpc) is 2.32. The molecule has 1 heterocycles. The van der Waals surface area contributed by atoms with Gasteiger partial charge in [-0.1, -0.05) is 26.0 Å². The molecule has 0 radical (unpaired) electrons. The lowest BCUT2D eigenvalue weighted by molar-refractivity contribution is 0.0555. The molecule has 0 aromatic heterocycles. The lowest BCUT2D eigenvalue weighted by Crippen LogP contribution is -2.49. The maximum atomic E-state index is 12.4. The molecule has 2 rings (SSSR count). The van der Waals surface area contributed by atoms with Crippen molar-refractivity contribution in [3.63, 3.8) is 0 Å². The molecule has 0 atom stereocenters. The zero-order valence-corrected chi connectivity index (χ0v) is 12.7. The fraction of sp³-hybridized carbons (Fsp3) is 0.500. The van der Waals surface area contributed by atoms with E-state index in [0.717, 1.165) is 0 Å². The topological polar surface area (TPSA) is 46.6 Å². The van der Waals surface area contributed by atoms with Crippen molar-refractivity contribution in [2.75, 3.05) is 11.4 Å². The van der Waals surface area contributed by atoms with E-state index in [1.165, 1.54) is 0 Å². The Balaban J connectivity index is 2.42. The van der Waals surface area contributed by atoms with E-state index in [2.05, 4.69) is 0 Å². The van der Waals surface area contributed by atoms with Crippen LogP contribution >= 0.6 is 0 Å². The van der Waals surface area contributed by atoms with E-state index in [1.807, 2.05) is 46.8 Å². The van der Waals surface area contributed by atoms with Gasteiger partial charge in [-0.2, -0.15) is 0 Å². The van der Waals surface area contributed by atoms with Crippen molar-refractivity contribution < 1.29 is 14.3 Å². The molecule has 0 unspecified atom stereocenters. The zero-order chi connectivity index (χ0) is 15.1. The van der Waals surface area contributed by atoms with Gasteiger partial charge in [0.1, 0.15) is 5.60 Å². The molecule has 4 heteroatoms. The molecule has 0 N–H and O–H groups in total. The van der Waals surface area contributed by atoms with Crippen molar-refractivity contribution in [1.29, 1.82) is 0 Å². The third kappa shape index (κ3) is 2.69. The molecule has 1 amide bonds. The van der Waals surface area contributed by atoms with Crippen molar-refractivity contribution in [1.82, 2.24) is 0 Å². The predicted octanol–water partition coefficient (Wildman–Crippen LogP) is 3.65. The summed E-state index contributed by atoms with van der Waals surface area (Å²) in [7, 11) is 0. The SMILES string of the molecule is CC(C)(C)OC(=O)N1CC(C)(C)C(=O)c2ccccc21. The van der Waals surface area contributed by atoms with Crippen LogP contribution in [-0.4, -0.2) is 24.0 Å². The molecule has 1 aliphatic heterocycles. The van der Waals surface area contributed by atoms with Crippen LogP contribution in [0.2, 0.25) is 0 Å². The number of ketones is 1. The highest BCUT2D eigenvalue weighted by atomic mass is 16.6. The fourth-order valence-electron chi connectivity index (χ4n) is 2.30. The van der Waals surface area contributed by atoms with Gasteiger partial charge in [-0.3, -0.25) is 9.69 Å². The molecule has 0 aliphatic carbocycles. The van der Waals surface area contributed by atoms with Gasteiger partial charge < -0.3 is 4.74 Å². The summed E-state index contributed by atoms with van der Waals surface area (Å²) in [5.74, 6) is 0.0629. The molecule has 1 aliphatic rings. The molecule has 0 saturated carbocycles. The van der Waals surface area contributed by atoms with Gasteiger partial charge in [0.2, 0.25) is 0 Å². The Morgan fingerprint density at radius 1 is 1.25 bits per heavy atom. The van der Waals surface area contributed by atoms with E-state index in [9.17, 15) is 9.59 Å². The maximum Gasteiger partial charge on any atom is 0.414 e. The molecule has 20 heavy (non-hydrogen) atoms. The van der Waals surface area contributed by atoms with Crippen LogP contribution in [0.3, 0.4) is 0 Å². The minimum atomic E-state index is -0.606. The second-order valence-corrected chi connectivity index (χ2v) is 6.80. The molecule has 1 aromatic rings. The number of anilines is 1. The van der Waals surface area contributed by atoms with Gasteiger partial charge in [0.05, 0.1) is 5.69 Å². The molecule has 108 valence electrons. The molecule has 0 bridgehead atoms. The van der Waals surface area contributed by atoms with Gasteiger partial charge in [0, 0.05) is 17.5 Å². The van der Waals surface area contributed by atoms with Crippen LogP contribution < -0.4 is 4.90 Å². The second kappa shape index (κ2) is 4.62. The van der Waals surface area contributed by atoms with E-state index in [-0.39, 0.29) is 5.78 Å². The van der Waals surface area contributed by atoms with Crippen molar-refractivity contribution in [3.05, 3.63) is 29.8 Å². The summed E-state index contributed by atoms with van der Waals surface area (Å²) in [6.45, 7) is 9.52. The lowest BCUT2D eigenvalue weighted by atomic mass is 9.80. The van der Waals surface area contributed by atoms with Crippen LogP contribution in [0.15, 0.2) is 24.3 Å². The van der Waals surface area contributed by atoms with Crippen molar-refractivity contribution in [3.8, 4) is 0 Å². The first kappa shape index (κ1) is 14.6. The number of hydrogen-bond donors (Lipinski definition) is 0. The molecule has 4 nitrogen and oxygen atoms in total. The summed E-state index contributed by atoms with van der Waals surface area (Å²) >= 11 is 0. The van der Waals surface area contributed by atoms with Gasteiger partial charge in [-0.25, -0.2) is 4.79 Å². The summed E-state index contributed by atoms with van der Waals surface area (Å²) < 4.78 is 5.44. The number of carbonyl (C=O) groups excluding carboxylic acids is 2. The average molecular weight is 275 g/mol. The summed E-state index contributed by atoms with van der Waals surface area (Å²) in [4.78, 5) is 26.3. The molecule has 0 saturated heterocycles. The highest BCUT2D eigenvalue weighted by molar-refractivity contribution is 6.10. The van der Waals surface area contributed by atoms with Crippen LogP contribution in [-0.2, 0) is 4.74 Å². The summed E-state index contributed by atoms with van der Waals surface area (Å²) in [5, 5.41) is 0. The first-order chi connectivity index (χ1) is 9.12. The number of hydrogen-bond acceptors (Lipinski definition) is 3. The summed E-state index contributed by atoms with van der Waals surface area (Å²) in [6.07, 6.45) is -0.412. The minimum Gasteiger partial charge on any atom is -0.443 e. The van der Waals surface area contributed by atoms with Crippen molar-refractivity contribution in [2.45, 2.75) is 40.2 Å². The standard InChI is InChI=1S/C16H21NO3/c1-15(2,3)20-14(19)17-10-16(4,5)13(18)11-8-6-7-9-12(11)17/h6-9H,10H2,1-5H3. The van der Waals surface area contributed by atoms with Crippen LogP contribution in [0.25, 0.3) is 0 Å². The normalized spacial score (nSPS) is 17.6. The van der Waals surface area contributed by atoms with E-state index < -0.39 is 17.1 Å². The highest BCUT2D eigenvalue weighted by Gasteiger charge is 2.41. The van der Waals surface area contributed by atoms with Gasteiger partial charge in [-0.15, -0.1) is 0 Å². The van der Waals surface area contributed by atoms with Gasteiger partial charge >= 0.3 is 6.09 Å². The molecule has 1 aromatic carbocycles. The Bertz CT molecular complexity index is 555. The summed E-state index contributed by atoms with van der Waals surface area (Å²) in [6, 6.07) is 7.18. The van der Waals surface area contributed by atoms with E-state index in [4.69, 9.17) is 4.74 Å². The van der Waals surface area contributed by atoms with Crippen LogP contribution in [0.5, 0.6) is 0 Å². The molecular weight excluding hydrogens is 254 g/mol. The Kier molecular flexibility index (Phi) is 3.36. The molecule has 0 spiro atoms. The number of fused-ring (bicyclic) bond motifs is 1. The number of para-hydroxylation sites is 1. The van der Waals surface area contributed by atoms with Crippen LogP contribution in [0, 0.1) is 5.41 Å². The molecule has 0 fully saturated rings. The second-order valence-electron chi connectivity index (χ2n) is 6.80. The van der Waals surface area contributed by atoms with Gasteiger partial charge in [0.15, 0.2) is 5.78 Å². The number of benzene rings is 1. The number of amides is 1. The third-order valence-corrected chi connectivity index (χ3v) is 3.22. The Morgan fingerprint density at radius 2 is 1.85 bits per heavy atom. The van der Waals surface area contributed by atoms with Crippen LogP contribution in [0.4, 0.5) is 10.5 Å². The largest absolute Gasteiger partial charge is 0.443 e. The minimum absolute atomic E-state index is 0.0629. The number of nitrogens with zero attached hydrogens (tertiary/aromatic N) is 1. The maximum absolute atomic E-state index is 12.4. The number of ether oxygens (including phenoxy) is 1. The van der Waals surface area contributed by atoms with E-state index in [0.29, 0.717) is 17.8 Å². The quantitative estimate of drug-likeness (QED) is 0.726. The first-order valence-corrected chi connectivity index (χ1v) is 6.76. The van der Waals surface area contributed by atoms with Gasteiger partial charge in [0.25, 0.3) is 0 Å². The first-order valence-electron chi connectivity index (χ1n) is 6.76. The Morgan fingerprint density at radius 3 is 2.45 bits per heavy atom. The zero-order valence-electron chi connectivity index (χ0n) is 12.7. The molecular formula is C16H21NO3. The number of carbonyl (C=O) groups is 2. The number of Topliss-reactive ketones (excluding diaryl/α,β-unsaturated/α-hetero) is 1. The van der Waals surface area contributed by atoms with Crippen molar-refractivity contribution in [2.24, 2.45) is 5.41 Å². The Hall–Kier alpha value is -1.84. The Labute approximate surface area is 119 Å². The third-order valence-electron chi connectivity index (χ3n) is 3.22. The number of rotatable bonds is 0. The highest BCUT2D eigenvalue weighted by Crippen LogP contribution is 2.36. The van der Waals surface area contributed by atoms with E-state index >= 15 is 0 Å². The van der Waals surface area contributed by atoms with E-state index in [1.54, 1.807) is 17.0 Å². The smallest absolute Gasteiger partial charge is 0.414 e. The van der Waals surface area contributed by atoms with Crippen LogP contribution in [0.1, 0.15) is 45.0 Å². The van der Waals surface area contributed by atoms with Crippen molar-refractivity contribution >= 4 is 17.6 Å². The summed E-state index contributed by atoms with van der Waals surface area (Å²) in [5.41, 5.74) is 0.0452.